The second-order valence-corrected chi connectivity index (χ2v) is 4.63. The number of nitrogens with zero attached hydrogens (tertiary/aromatic N) is 3. The summed E-state index contributed by atoms with van der Waals surface area (Å²) in [6.07, 6.45) is 3.81. The first kappa shape index (κ1) is 12.8. The van der Waals surface area contributed by atoms with Crippen molar-refractivity contribution >= 4 is 0 Å². The molecule has 2 rings (SSSR count). The first-order chi connectivity index (χ1) is 8.58. The molecule has 0 bridgehead atoms. The summed E-state index contributed by atoms with van der Waals surface area (Å²) in [7, 11) is 3.88. The molecule has 0 aliphatic carbocycles. The van der Waals surface area contributed by atoms with Gasteiger partial charge in [0.2, 0.25) is 0 Å². The number of aromatic nitrogens is 2. The molecule has 3 nitrogen and oxygen atoms in total. The van der Waals surface area contributed by atoms with E-state index in [-0.39, 0.29) is 11.9 Å². The Balaban J connectivity index is 2.09. The predicted octanol–water partition coefficient (Wildman–Crippen LogP) is 2.75. The Morgan fingerprint density at radius 2 is 2.11 bits per heavy atom. The summed E-state index contributed by atoms with van der Waals surface area (Å²) in [6, 6.07) is 6.95. The highest BCUT2D eigenvalue weighted by Gasteiger charge is 2.15. The van der Waals surface area contributed by atoms with Crippen LogP contribution in [0.3, 0.4) is 0 Å². The van der Waals surface area contributed by atoms with Crippen LogP contribution in [0.2, 0.25) is 0 Å². The van der Waals surface area contributed by atoms with Gasteiger partial charge in [-0.15, -0.1) is 0 Å². The molecule has 0 amide bonds. The minimum absolute atomic E-state index is 0.0337. The van der Waals surface area contributed by atoms with E-state index >= 15 is 0 Å². The number of aryl methyl sites for hydroxylation is 1. The van der Waals surface area contributed by atoms with Gasteiger partial charge in [0.25, 0.3) is 0 Å². The predicted molar refractivity (Wildman–Crippen MR) is 69.5 cm³/mol. The molecule has 0 radical (unpaired) electrons. The van der Waals surface area contributed by atoms with Crippen molar-refractivity contribution < 1.29 is 4.39 Å². The molecule has 0 aliphatic heterocycles. The molecular formula is C14H18FN3. The van der Waals surface area contributed by atoms with E-state index in [0.717, 1.165) is 17.7 Å². The van der Waals surface area contributed by atoms with Crippen LogP contribution in [-0.4, -0.2) is 21.7 Å². The van der Waals surface area contributed by atoms with Gasteiger partial charge in [-0.2, -0.15) is 5.10 Å². The van der Waals surface area contributed by atoms with Crippen molar-refractivity contribution in [2.45, 2.75) is 19.5 Å². The third-order valence-electron chi connectivity index (χ3n) is 3.21. The van der Waals surface area contributed by atoms with Crippen LogP contribution in [-0.2, 0) is 13.6 Å². The fraction of sp³-hybridized carbons (Fsp3) is 0.357. The summed E-state index contributed by atoms with van der Waals surface area (Å²) < 4.78 is 15.5. The van der Waals surface area contributed by atoms with Crippen LogP contribution in [0.5, 0.6) is 0 Å². The molecule has 1 aromatic heterocycles. The van der Waals surface area contributed by atoms with Gasteiger partial charge in [-0.05, 0) is 20.0 Å². The van der Waals surface area contributed by atoms with Gasteiger partial charge < -0.3 is 0 Å². The Morgan fingerprint density at radius 3 is 2.72 bits per heavy atom. The van der Waals surface area contributed by atoms with Gasteiger partial charge in [0.15, 0.2) is 0 Å². The molecule has 0 spiro atoms. The van der Waals surface area contributed by atoms with Gasteiger partial charge in [0.05, 0.1) is 6.20 Å². The summed E-state index contributed by atoms with van der Waals surface area (Å²) in [5, 5.41) is 4.14. The van der Waals surface area contributed by atoms with Gasteiger partial charge in [-0.1, -0.05) is 18.2 Å². The maximum absolute atomic E-state index is 13.7. The molecule has 18 heavy (non-hydrogen) atoms. The molecule has 1 heterocycles. The number of halogens is 1. The van der Waals surface area contributed by atoms with Crippen LogP contribution in [0.1, 0.15) is 24.1 Å². The van der Waals surface area contributed by atoms with Crippen LogP contribution in [0.4, 0.5) is 4.39 Å². The summed E-state index contributed by atoms with van der Waals surface area (Å²) in [5.74, 6) is -0.150. The van der Waals surface area contributed by atoms with Crippen LogP contribution >= 0.6 is 0 Å². The SMILES string of the molecule is C[C@H](c1ccccc1F)N(C)Cc1cnn(C)c1. The Morgan fingerprint density at radius 1 is 1.39 bits per heavy atom. The van der Waals surface area contributed by atoms with Crippen LogP contribution < -0.4 is 0 Å². The lowest BCUT2D eigenvalue weighted by atomic mass is 10.1. The van der Waals surface area contributed by atoms with E-state index in [0.29, 0.717) is 0 Å². The largest absolute Gasteiger partial charge is 0.295 e. The molecule has 2 aromatic rings. The van der Waals surface area contributed by atoms with Crippen molar-refractivity contribution in [3.63, 3.8) is 0 Å². The van der Waals surface area contributed by atoms with E-state index in [4.69, 9.17) is 0 Å². The summed E-state index contributed by atoms with van der Waals surface area (Å²) in [6.45, 7) is 2.76. The van der Waals surface area contributed by atoms with E-state index in [1.54, 1.807) is 10.7 Å². The molecule has 0 unspecified atom stereocenters. The van der Waals surface area contributed by atoms with E-state index in [1.165, 1.54) is 6.07 Å². The molecule has 0 N–H and O–H groups in total. The number of rotatable bonds is 4. The lowest BCUT2D eigenvalue weighted by Gasteiger charge is -2.24. The highest BCUT2D eigenvalue weighted by atomic mass is 19.1. The molecule has 0 fully saturated rings. The standard InChI is InChI=1S/C14H18FN3/c1-11(13-6-4-5-7-14(13)15)17(2)9-12-8-16-18(3)10-12/h4-8,10-11H,9H2,1-3H3/t11-/m1/s1. The molecule has 0 aliphatic rings. The maximum Gasteiger partial charge on any atom is 0.127 e. The first-order valence-corrected chi connectivity index (χ1v) is 6.00. The van der Waals surface area contributed by atoms with E-state index in [1.807, 2.05) is 45.5 Å². The smallest absolute Gasteiger partial charge is 0.127 e. The zero-order chi connectivity index (χ0) is 13.1. The number of hydrogen-bond donors (Lipinski definition) is 0. The second kappa shape index (κ2) is 5.31. The van der Waals surface area contributed by atoms with Crippen molar-refractivity contribution in [3.8, 4) is 0 Å². The molecule has 96 valence electrons. The van der Waals surface area contributed by atoms with Crippen molar-refractivity contribution in [1.82, 2.24) is 14.7 Å². The molecule has 1 atom stereocenters. The van der Waals surface area contributed by atoms with E-state index in [9.17, 15) is 4.39 Å². The van der Waals surface area contributed by atoms with Crippen LogP contribution in [0.25, 0.3) is 0 Å². The topological polar surface area (TPSA) is 21.1 Å². The maximum atomic E-state index is 13.7. The monoisotopic (exact) mass is 247 g/mol. The van der Waals surface area contributed by atoms with Crippen LogP contribution in [0.15, 0.2) is 36.7 Å². The van der Waals surface area contributed by atoms with Crippen LogP contribution in [0, 0.1) is 5.82 Å². The third-order valence-corrected chi connectivity index (χ3v) is 3.21. The Bertz CT molecular complexity index is 521. The fourth-order valence-electron chi connectivity index (χ4n) is 2.03. The molecule has 1 aromatic carbocycles. The Kier molecular flexibility index (Phi) is 3.77. The average Bonchev–Trinajstić information content (AvgIpc) is 2.74. The van der Waals surface area contributed by atoms with Crippen molar-refractivity contribution in [2.24, 2.45) is 7.05 Å². The number of benzene rings is 1. The first-order valence-electron chi connectivity index (χ1n) is 6.00. The second-order valence-electron chi connectivity index (χ2n) is 4.63. The Labute approximate surface area is 107 Å². The normalized spacial score (nSPS) is 12.9. The average molecular weight is 247 g/mol. The third kappa shape index (κ3) is 2.76. The zero-order valence-electron chi connectivity index (χ0n) is 11.0. The lowest BCUT2D eigenvalue weighted by molar-refractivity contribution is 0.248. The molecule has 0 saturated carbocycles. The molecular weight excluding hydrogens is 229 g/mol. The van der Waals surface area contributed by atoms with Crippen molar-refractivity contribution in [1.29, 1.82) is 0 Å². The Hall–Kier alpha value is -1.68. The van der Waals surface area contributed by atoms with Gasteiger partial charge in [0, 0.05) is 37.0 Å². The fourth-order valence-corrected chi connectivity index (χ4v) is 2.03. The van der Waals surface area contributed by atoms with Gasteiger partial charge in [0.1, 0.15) is 5.82 Å². The van der Waals surface area contributed by atoms with Crippen molar-refractivity contribution in [2.75, 3.05) is 7.05 Å². The minimum Gasteiger partial charge on any atom is -0.295 e. The van der Waals surface area contributed by atoms with Gasteiger partial charge in [-0.25, -0.2) is 4.39 Å². The summed E-state index contributed by atoms with van der Waals surface area (Å²) >= 11 is 0. The van der Waals surface area contributed by atoms with E-state index < -0.39 is 0 Å². The highest BCUT2D eigenvalue weighted by Crippen LogP contribution is 2.22. The molecule has 0 saturated heterocycles. The van der Waals surface area contributed by atoms with Gasteiger partial charge in [-0.3, -0.25) is 9.58 Å². The lowest BCUT2D eigenvalue weighted by Crippen LogP contribution is -2.22. The summed E-state index contributed by atoms with van der Waals surface area (Å²) in [5.41, 5.74) is 1.85. The minimum atomic E-state index is -0.150. The zero-order valence-corrected chi connectivity index (χ0v) is 11.0. The van der Waals surface area contributed by atoms with Gasteiger partial charge >= 0.3 is 0 Å². The molecule has 4 heteroatoms. The number of hydrogen-bond acceptors (Lipinski definition) is 2. The van der Waals surface area contributed by atoms with E-state index in [2.05, 4.69) is 10.00 Å². The highest BCUT2D eigenvalue weighted by molar-refractivity contribution is 5.21. The van der Waals surface area contributed by atoms with Crippen molar-refractivity contribution in [3.05, 3.63) is 53.6 Å². The quantitative estimate of drug-likeness (QED) is 0.828. The summed E-state index contributed by atoms with van der Waals surface area (Å²) in [4.78, 5) is 2.11.